The van der Waals surface area contributed by atoms with E-state index in [4.69, 9.17) is 18.9 Å². The molecule has 7 nitrogen and oxygen atoms in total. The van der Waals surface area contributed by atoms with Crippen molar-refractivity contribution in [1.29, 1.82) is 0 Å². The topological polar surface area (TPSA) is 76.0 Å². The molecule has 2 aromatic carbocycles. The predicted molar refractivity (Wildman–Crippen MR) is 113 cm³/mol. The molecule has 1 aromatic heterocycles. The first-order chi connectivity index (χ1) is 14.5. The van der Waals surface area contributed by atoms with Gasteiger partial charge in [0.2, 0.25) is 11.5 Å². The number of rotatable bonds is 8. The van der Waals surface area contributed by atoms with Gasteiger partial charge in [0, 0.05) is 24.4 Å². The van der Waals surface area contributed by atoms with E-state index in [0.717, 1.165) is 11.1 Å². The molecule has 0 saturated heterocycles. The Bertz CT molecular complexity index is 1060. The molecular weight excluding hydrogens is 386 g/mol. The van der Waals surface area contributed by atoms with Crippen LogP contribution in [0.25, 0.3) is 22.3 Å². The lowest BCUT2D eigenvalue weighted by atomic mass is 9.95. The van der Waals surface area contributed by atoms with Crippen LogP contribution in [-0.4, -0.2) is 45.1 Å². The van der Waals surface area contributed by atoms with Gasteiger partial charge < -0.3 is 23.5 Å². The summed E-state index contributed by atoms with van der Waals surface area (Å²) < 4.78 is 23.2. The molecule has 0 aliphatic carbocycles. The molecule has 0 unspecified atom stereocenters. The molecule has 0 aliphatic rings. The van der Waals surface area contributed by atoms with Crippen molar-refractivity contribution in [2.24, 2.45) is 7.05 Å². The first kappa shape index (κ1) is 21.0. The highest BCUT2D eigenvalue weighted by Crippen LogP contribution is 2.45. The molecule has 0 amide bonds. The molecule has 0 radical (unpaired) electrons. The van der Waals surface area contributed by atoms with Gasteiger partial charge in [0.15, 0.2) is 17.8 Å². The third kappa shape index (κ3) is 3.61. The standard InChI is InChI=1S/C23H23NO6/c1-24-12-17(14-6-8-16(27-2)9-7-14)21(22(24)18(26)13-25)15-10-19(28-3)23(30-5)20(11-15)29-4/h6-13H,1-5H3. The molecular formula is C23H23NO6. The fourth-order valence-corrected chi connectivity index (χ4v) is 3.49. The van der Waals surface area contributed by atoms with Crippen molar-refractivity contribution >= 4 is 12.1 Å². The van der Waals surface area contributed by atoms with Gasteiger partial charge in [0.25, 0.3) is 0 Å². The second-order valence-corrected chi connectivity index (χ2v) is 6.50. The normalized spacial score (nSPS) is 10.4. The average Bonchev–Trinajstić information content (AvgIpc) is 3.14. The third-order valence-electron chi connectivity index (χ3n) is 4.88. The molecule has 156 valence electrons. The number of hydrogen-bond acceptors (Lipinski definition) is 6. The van der Waals surface area contributed by atoms with Crippen LogP contribution >= 0.6 is 0 Å². The van der Waals surface area contributed by atoms with Gasteiger partial charge in [0.1, 0.15) is 11.4 Å². The molecule has 0 bridgehead atoms. The first-order valence-electron chi connectivity index (χ1n) is 9.12. The molecule has 1 heterocycles. The number of carbonyl (C=O) groups is 2. The summed E-state index contributed by atoms with van der Waals surface area (Å²) in [5, 5.41) is 0. The van der Waals surface area contributed by atoms with Gasteiger partial charge in [-0.25, -0.2) is 0 Å². The summed E-state index contributed by atoms with van der Waals surface area (Å²) in [5.74, 6) is 1.42. The highest BCUT2D eigenvalue weighted by molar-refractivity contribution is 6.35. The Morgan fingerprint density at radius 3 is 1.93 bits per heavy atom. The van der Waals surface area contributed by atoms with Crippen molar-refractivity contribution in [3.63, 3.8) is 0 Å². The number of ketones is 1. The molecule has 0 N–H and O–H groups in total. The number of Topliss-reactive ketones (excluding diaryl/α,β-unsaturated/α-hetero) is 1. The van der Waals surface area contributed by atoms with Gasteiger partial charge in [-0.05, 0) is 35.4 Å². The van der Waals surface area contributed by atoms with Crippen LogP contribution in [0.4, 0.5) is 0 Å². The number of hydrogen-bond donors (Lipinski definition) is 0. The SMILES string of the molecule is COc1ccc(-c2cn(C)c(C(=O)C=O)c2-c2cc(OC)c(OC)c(OC)c2)cc1. The minimum Gasteiger partial charge on any atom is -0.497 e. The Balaban J connectivity index is 2.34. The van der Waals surface area contributed by atoms with E-state index < -0.39 is 5.78 Å². The summed E-state index contributed by atoms with van der Waals surface area (Å²) in [6.45, 7) is 0. The van der Waals surface area contributed by atoms with E-state index in [1.165, 1.54) is 21.3 Å². The van der Waals surface area contributed by atoms with E-state index in [1.54, 1.807) is 30.9 Å². The van der Waals surface area contributed by atoms with Crippen LogP contribution in [0.5, 0.6) is 23.0 Å². The van der Waals surface area contributed by atoms with E-state index in [9.17, 15) is 9.59 Å². The molecule has 0 atom stereocenters. The predicted octanol–water partition coefficient (Wildman–Crippen LogP) is 3.78. The fourth-order valence-electron chi connectivity index (χ4n) is 3.49. The highest BCUT2D eigenvalue weighted by atomic mass is 16.5. The quantitative estimate of drug-likeness (QED) is 0.320. The van der Waals surface area contributed by atoms with Gasteiger partial charge in [-0.15, -0.1) is 0 Å². The van der Waals surface area contributed by atoms with Crippen LogP contribution in [0.3, 0.4) is 0 Å². The van der Waals surface area contributed by atoms with Crippen molar-refractivity contribution in [2.75, 3.05) is 28.4 Å². The minimum atomic E-state index is -0.624. The lowest BCUT2D eigenvalue weighted by Gasteiger charge is -2.15. The van der Waals surface area contributed by atoms with Crippen molar-refractivity contribution < 1.29 is 28.5 Å². The molecule has 0 saturated carbocycles. The zero-order chi connectivity index (χ0) is 21.8. The zero-order valence-corrected chi connectivity index (χ0v) is 17.5. The largest absolute Gasteiger partial charge is 0.497 e. The van der Waals surface area contributed by atoms with E-state index in [-0.39, 0.29) is 5.69 Å². The van der Waals surface area contributed by atoms with E-state index in [2.05, 4.69) is 0 Å². The maximum atomic E-state index is 12.5. The minimum absolute atomic E-state index is 0.269. The number of benzene rings is 2. The Hall–Kier alpha value is -3.74. The van der Waals surface area contributed by atoms with Gasteiger partial charge in [0.05, 0.1) is 28.4 Å². The van der Waals surface area contributed by atoms with Gasteiger partial charge in [-0.2, -0.15) is 0 Å². The summed E-state index contributed by atoms with van der Waals surface area (Å²) in [6, 6.07) is 11.0. The van der Waals surface area contributed by atoms with Crippen LogP contribution in [0.1, 0.15) is 10.5 Å². The summed E-state index contributed by atoms with van der Waals surface area (Å²) in [6.07, 6.45) is 2.13. The van der Waals surface area contributed by atoms with Crippen LogP contribution < -0.4 is 18.9 Å². The summed E-state index contributed by atoms with van der Waals surface area (Å²) in [5.41, 5.74) is 3.16. The van der Waals surface area contributed by atoms with Gasteiger partial charge in [-0.1, -0.05) is 12.1 Å². The molecule has 7 heteroatoms. The third-order valence-corrected chi connectivity index (χ3v) is 4.88. The number of aldehydes is 1. The van der Waals surface area contributed by atoms with E-state index in [1.807, 2.05) is 30.5 Å². The van der Waals surface area contributed by atoms with Gasteiger partial charge >= 0.3 is 0 Å². The number of aryl methyl sites for hydroxylation is 1. The number of aromatic nitrogens is 1. The molecule has 0 aliphatic heterocycles. The Morgan fingerprint density at radius 2 is 1.47 bits per heavy atom. The number of ether oxygens (including phenoxy) is 4. The van der Waals surface area contributed by atoms with Crippen LogP contribution in [0.15, 0.2) is 42.6 Å². The van der Waals surface area contributed by atoms with E-state index >= 15 is 0 Å². The lowest BCUT2D eigenvalue weighted by Crippen LogP contribution is -2.08. The monoisotopic (exact) mass is 409 g/mol. The van der Waals surface area contributed by atoms with Crippen molar-refractivity contribution in [3.8, 4) is 45.3 Å². The molecule has 0 spiro atoms. The van der Waals surface area contributed by atoms with Crippen LogP contribution in [0, 0.1) is 0 Å². The average molecular weight is 409 g/mol. The van der Waals surface area contributed by atoms with Crippen LogP contribution in [-0.2, 0) is 11.8 Å². The van der Waals surface area contributed by atoms with Gasteiger partial charge in [-0.3, -0.25) is 9.59 Å². The maximum absolute atomic E-state index is 12.5. The number of carbonyl (C=O) groups excluding carboxylic acids is 2. The maximum Gasteiger partial charge on any atom is 0.242 e. The second-order valence-electron chi connectivity index (χ2n) is 6.50. The first-order valence-corrected chi connectivity index (χ1v) is 9.12. The Kier molecular flexibility index (Phi) is 6.11. The summed E-state index contributed by atoms with van der Waals surface area (Å²) in [4.78, 5) is 23.9. The second kappa shape index (κ2) is 8.73. The molecule has 0 fully saturated rings. The van der Waals surface area contributed by atoms with Crippen molar-refractivity contribution in [1.82, 2.24) is 4.57 Å². The molecule has 3 aromatic rings. The fraction of sp³-hybridized carbons (Fsp3) is 0.217. The zero-order valence-electron chi connectivity index (χ0n) is 17.5. The highest BCUT2D eigenvalue weighted by Gasteiger charge is 2.25. The summed E-state index contributed by atoms with van der Waals surface area (Å²) in [7, 11) is 7.89. The van der Waals surface area contributed by atoms with E-state index in [0.29, 0.717) is 40.4 Å². The summed E-state index contributed by atoms with van der Waals surface area (Å²) >= 11 is 0. The Labute approximate surface area is 174 Å². The number of nitrogens with zero attached hydrogens (tertiary/aromatic N) is 1. The van der Waals surface area contributed by atoms with Crippen molar-refractivity contribution in [3.05, 3.63) is 48.3 Å². The Morgan fingerprint density at radius 1 is 0.867 bits per heavy atom. The van der Waals surface area contributed by atoms with Crippen LogP contribution in [0.2, 0.25) is 0 Å². The number of methoxy groups -OCH3 is 4. The molecule has 3 rings (SSSR count). The van der Waals surface area contributed by atoms with Crippen molar-refractivity contribution in [2.45, 2.75) is 0 Å². The smallest absolute Gasteiger partial charge is 0.242 e. The lowest BCUT2D eigenvalue weighted by molar-refractivity contribution is -0.104. The molecule has 30 heavy (non-hydrogen) atoms.